The van der Waals surface area contributed by atoms with Crippen molar-refractivity contribution in [2.24, 2.45) is 0 Å². The highest BCUT2D eigenvalue weighted by atomic mass is 79.9. The maximum atomic E-state index is 11.4. The topological polar surface area (TPSA) is 61.5 Å². The Morgan fingerprint density at radius 3 is 2.55 bits per heavy atom. The number of esters is 1. The van der Waals surface area contributed by atoms with Gasteiger partial charge in [-0.2, -0.15) is 0 Å². The molecule has 5 heteroatoms. The van der Waals surface area contributed by atoms with Crippen LogP contribution in [-0.4, -0.2) is 13.1 Å². The van der Waals surface area contributed by atoms with Crippen molar-refractivity contribution in [3.63, 3.8) is 0 Å². The molecule has 0 aliphatic carbocycles. The van der Waals surface area contributed by atoms with Crippen molar-refractivity contribution in [2.45, 2.75) is 6.92 Å². The molecule has 0 radical (unpaired) electrons. The van der Waals surface area contributed by atoms with Gasteiger partial charge in [0.15, 0.2) is 0 Å². The fraction of sp³-hybridized carbons (Fsp3) is 0.133. The van der Waals surface area contributed by atoms with E-state index in [0.717, 1.165) is 10.0 Å². The highest BCUT2D eigenvalue weighted by molar-refractivity contribution is 9.10. The number of methoxy groups -OCH3 is 1. The molecule has 20 heavy (non-hydrogen) atoms. The number of halogens is 1. The second-order valence-electron chi connectivity index (χ2n) is 4.26. The molecule has 0 bridgehead atoms. The molecule has 0 saturated carbocycles. The van der Waals surface area contributed by atoms with Gasteiger partial charge >= 0.3 is 5.97 Å². The summed E-state index contributed by atoms with van der Waals surface area (Å²) in [6, 6.07) is 10.4. The van der Waals surface area contributed by atoms with E-state index >= 15 is 0 Å². The van der Waals surface area contributed by atoms with Crippen molar-refractivity contribution in [3.8, 4) is 11.5 Å². The highest BCUT2D eigenvalue weighted by Gasteiger charge is 2.09. The van der Waals surface area contributed by atoms with Crippen LogP contribution < -0.4 is 10.5 Å². The molecule has 2 rings (SSSR count). The van der Waals surface area contributed by atoms with E-state index in [1.807, 2.05) is 25.1 Å². The van der Waals surface area contributed by atoms with Crippen LogP contribution in [0, 0.1) is 6.92 Å². The monoisotopic (exact) mass is 335 g/mol. The van der Waals surface area contributed by atoms with Crippen LogP contribution in [0.5, 0.6) is 11.5 Å². The first kappa shape index (κ1) is 14.4. The lowest BCUT2D eigenvalue weighted by atomic mass is 10.2. The van der Waals surface area contributed by atoms with Crippen molar-refractivity contribution in [2.75, 3.05) is 12.8 Å². The number of aryl methyl sites for hydroxylation is 1. The summed E-state index contributed by atoms with van der Waals surface area (Å²) >= 11 is 3.43. The van der Waals surface area contributed by atoms with Gasteiger partial charge in [0.2, 0.25) is 0 Å². The zero-order valence-corrected chi connectivity index (χ0v) is 12.7. The summed E-state index contributed by atoms with van der Waals surface area (Å²) in [4.78, 5) is 11.4. The summed E-state index contributed by atoms with van der Waals surface area (Å²) < 4.78 is 11.4. The van der Waals surface area contributed by atoms with Gasteiger partial charge in [0, 0.05) is 4.47 Å². The van der Waals surface area contributed by atoms with E-state index in [0.29, 0.717) is 22.7 Å². The highest BCUT2D eigenvalue weighted by Crippen LogP contribution is 2.30. The second kappa shape index (κ2) is 5.96. The minimum absolute atomic E-state index is 0.383. The Morgan fingerprint density at radius 2 is 1.95 bits per heavy atom. The molecule has 0 aliphatic heterocycles. The Balaban J connectivity index is 2.25. The smallest absolute Gasteiger partial charge is 0.337 e. The number of hydrogen-bond acceptors (Lipinski definition) is 4. The van der Waals surface area contributed by atoms with Crippen LogP contribution in [0.25, 0.3) is 0 Å². The Kier molecular flexibility index (Phi) is 4.29. The summed E-state index contributed by atoms with van der Waals surface area (Å²) in [6.45, 7) is 1.97. The van der Waals surface area contributed by atoms with E-state index < -0.39 is 5.97 Å². The Hall–Kier alpha value is -2.01. The molecule has 0 atom stereocenters. The molecular formula is C15H14BrNO3. The van der Waals surface area contributed by atoms with Crippen molar-refractivity contribution in [1.82, 2.24) is 0 Å². The van der Waals surface area contributed by atoms with E-state index in [1.165, 1.54) is 13.2 Å². The lowest BCUT2D eigenvalue weighted by molar-refractivity contribution is 0.0601. The molecular weight excluding hydrogens is 322 g/mol. The Morgan fingerprint density at radius 1 is 1.20 bits per heavy atom. The van der Waals surface area contributed by atoms with Crippen LogP contribution in [0.15, 0.2) is 40.9 Å². The molecule has 0 fully saturated rings. The molecule has 0 aliphatic rings. The normalized spacial score (nSPS) is 10.2. The molecule has 0 saturated heterocycles. The molecule has 0 heterocycles. The maximum Gasteiger partial charge on any atom is 0.337 e. The second-order valence-corrected chi connectivity index (χ2v) is 5.11. The van der Waals surface area contributed by atoms with Gasteiger partial charge in [-0.05, 0) is 48.9 Å². The van der Waals surface area contributed by atoms with Crippen LogP contribution in [0.1, 0.15) is 15.9 Å². The minimum Gasteiger partial charge on any atom is -0.465 e. The predicted molar refractivity (Wildman–Crippen MR) is 81.1 cm³/mol. The molecule has 2 N–H and O–H groups in total. The van der Waals surface area contributed by atoms with Gasteiger partial charge < -0.3 is 15.2 Å². The SMILES string of the molecule is COC(=O)c1ccc(Oc2ccc(Br)c(C)c2)c(N)c1. The van der Waals surface area contributed by atoms with E-state index in [4.69, 9.17) is 10.5 Å². The van der Waals surface area contributed by atoms with Gasteiger partial charge in [-0.3, -0.25) is 0 Å². The van der Waals surface area contributed by atoms with Crippen LogP contribution in [0.3, 0.4) is 0 Å². The predicted octanol–water partition coefficient (Wildman–Crippen LogP) is 3.92. The van der Waals surface area contributed by atoms with E-state index in [-0.39, 0.29) is 0 Å². The van der Waals surface area contributed by atoms with Crippen molar-refractivity contribution in [3.05, 3.63) is 52.0 Å². The summed E-state index contributed by atoms with van der Waals surface area (Å²) in [5, 5.41) is 0. The van der Waals surface area contributed by atoms with Gasteiger partial charge in [-0.1, -0.05) is 15.9 Å². The van der Waals surface area contributed by atoms with Crippen LogP contribution >= 0.6 is 15.9 Å². The molecule has 0 aromatic heterocycles. The standard InChI is InChI=1S/C15H14BrNO3/c1-9-7-11(4-5-12(9)16)20-14-6-3-10(8-13(14)17)15(18)19-2/h3-8H,17H2,1-2H3. The lowest BCUT2D eigenvalue weighted by Gasteiger charge is -2.10. The molecule has 0 spiro atoms. The summed E-state index contributed by atoms with van der Waals surface area (Å²) in [6.07, 6.45) is 0. The lowest BCUT2D eigenvalue weighted by Crippen LogP contribution is -2.02. The van der Waals surface area contributed by atoms with Gasteiger partial charge in [-0.15, -0.1) is 0 Å². The van der Waals surface area contributed by atoms with Gasteiger partial charge in [-0.25, -0.2) is 4.79 Å². The fourth-order valence-electron chi connectivity index (χ4n) is 1.69. The molecule has 4 nitrogen and oxygen atoms in total. The average Bonchev–Trinajstić information content (AvgIpc) is 2.44. The zero-order valence-electron chi connectivity index (χ0n) is 11.1. The molecule has 2 aromatic carbocycles. The molecule has 0 amide bonds. The number of carbonyl (C=O) groups is 1. The Bertz CT molecular complexity index is 656. The van der Waals surface area contributed by atoms with Crippen LogP contribution in [-0.2, 0) is 4.74 Å². The third-order valence-corrected chi connectivity index (χ3v) is 3.68. The fourth-order valence-corrected chi connectivity index (χ4v) is 1.94. The van der Waals surface area contributed by atoms with Gasteiger partial charge in [0.05, 0.1) is 18.4 Å². The quantitative estimate of drug-likeness (QED) is 0.682. The molecule has 0 unspecified atom stereocenters. The number of anilines is 1. The summed E-state index contributed by atoms with van der Waals surface area (Å²) in [5.74, 6) is 0.755. The number of nitrogens with two attached hydrogens (primary N) is 1. The van der Waals surface area contributed by atoms with E-state index in [1.54, 1.807) is 12.1 Å². The number of rotatable bonds is 3. The van der Waals surface area contributed by atoms with E-state index in [9.17, 15) is 4.79 Å². The maximum absolute atomic E-state index is 11.4. The zero-order chi connectivity index (χ0) is 14.7. The number of carbonyl (C=O) groups excluding carboxylic acids is 1. The number of ether oxygens (including phenoxy) is 2. The summed E-state index contributed by atoms with van der Waals surface area (Å²) in [7, 11) is 1.33. The largest absolute Gasteiger partial charge is 0.465 e. The third-order valence-electron chi connectivity index (χ3n) is 2.79. The Labute approximate surface area is 125 Å². The number of hydrogen-bond donors (Lipinski definition) is 1. The first-order chi connectivity index (χ1) is 9.51. The average molecular weight is 336 g/mol. The van der Waals surface area contributed by atoms with Crippen molar-refractivity contribution < 1.29 is 14.3 Å². The van der Waals surface area contributed by atoms with Gasteiger partial charge in [0.1, 0.15) is 11.5 Å². The number of nitrogen functional groups attached to an aromatic ring is 1. The minimum atomic E-state index is -0.428. The van der Waals surface area contributed by atoms with Gasteiger partial charge in [0.25, 0.3) is 0 Å². The number of benzene rings is 2. The molecule has 2 aromatic rings. The van der Waals surface area contributed by atoms with Crippen LogP contribution in [0.2, 0.25) is 0 Å². The van der Waals surface area contributed by atoms with Crippen molar-refractivity contribution >= 4 is 27.6 Å². The third kappa shape index (κ3) is 3.11. The first-order valence-electron chi connectivity index (χ1n) is 5.93. The molecule has 104 valence electrons. The first-order valence-corrected chi connectivity index (χ1v) is 6.72. The summed E-state index contributed by atoms with van der Waals surface area (Å²) in [5.41, 5.74) is 7.73. The van der Waals surface area contributed by atoms with E-state index in [2.05, 4.69) is 20.7 Å². The van der Waals surface area contributed by atoms with Crippen LogP contribution in [0.4, 0.5) is 5.69 Å². The van der Waals surface area contributed by atoms with Crippen molar-refractivity contribution in [1.29, 1.82) is 0 Å².